The number of carbonyl (C=O) groups is 2. The summed E-state index contributed by atoms with van der Waals surface area (Å²) >= 11 is 5.21. The van der Waals surface area contributed by atoms with Crippen LogP contribution in [-0.4, -0.2) is 16.9 Å². The smallest absolute Gasteiger partial charge is 0.226 e. The standard InChI is InChI=1S/C24H39N3O2S/c1-3-5-6-7-8-9-10-11-12-13-14-15-23(29)27-24(30)26-21-18-16-20(17-19-21)25-22(28)4-2/h16-19H,3-15H2,1-2H3,(H,25,28)(H2,26,27,29,30). The Kier molecular flexibility index (Phi) is 14.6. The van der Waals surface area contributed by atoms with E-state index >= 15 is 0 Å². The first-order valence-corrected chi connectivity index (χ1v) is 12.0. The van der Waals surface area contributed by atoms with Gasteiger partial charge in [0.15, 0.2) is 5.11 Å². The second-order valence-electron chi connectivity index (χ2n) is 7.77. The second kappa shape index (κ2) is 16.8. The van der Waals surface area contributed by atoms with E-state index in [0.29, 0.717) is 18.0 Å². The molecule has 2 amide bonds. The van der Waals surface area contributed by atoms with Crippen LogP contribution in [0, 0.1) is 0 Å². The van der Waals surface area contributed by atoms with Crippen LogP contribution in [0.3, 0.4) is 0 Å². The van der Waals surface area contributed by atoms with Gasteiger partial charge in [-0.05, 0) is 42.9 Å². The average molecular weight is 434 g/mol. The highest BCUT2D eigenvalue weighted by molar-refractivity contribution is 7.80. The Bertz CT molecular complexity index is 632. The van der Waals surface area contributed by atoms with Gasteiger partial charge in [0.1, 0.15) is 0 Å². The summed E-state index contributed by atoms with van der Waals surface area (Å²) in [6.45, 7) is 4.06. The van der Waals surface area contributed by atoms with Crippen molar-refractivity contribution in [3.8, 4) is 0 Å². The van der Waals surface area contributed by atoms with E-state index in [4.69, 9.17) is 12.2 Å². The third-order valence-electron chi connectivity index (χ3n) is 5.01. The summed E-state index contributed by atoms with van der Waals surface area (Å²) < 4.78 is 0. The van der Waals surface area contributed by atoms with Crippen LogP contribution in [0.4, 0.5) is 11.4 Å². The molecule has 0 saturated carbocycles. The van der Waals surface area contributed by atoms with Crippen LogP contribution in [0.2, 0.25) is 0 Å². The van der Waals surface area contributed by atoms with Crippen LogP contribution in [0.15, 0.2) is 24.3 Å². The topological polar surface area (TPSA) is 70.2 Å². The first-order valence-electron chi connectivity index (χ1n) is 11.6. The minimum Gasteiger partial charge on any atom is -0.332 e. The first-order chi connectivity index (χ1) is 14.5. The summed E-state index contributed by atoms with van der Waals surface area (Å²) in [5, 5.41) is 8.82. The van der Waals surface area contributed by atoms with Crippen molar-refractivity contribution < 1.29 is 9.59 Å². The first kappa shape index (κ1) is 26.1. The van der Waals surface area contributed by atoms with E-state index in [0.717, 1.165) is 24.2 Å². The van der Waals surface area contributed by atoms with Gasteiger partial charge in [-0.15, -0.1) is 0 Å². The molecule has 3 N–H and O–H groups in total. The fourth-order valence-electron chi connectivity index (χ4n) is 3.19. The molecular formula is C24H39N3O2S. The molecule has 1 aromatic carbocycles. The molecule has 5 nitrogen and oxygen atoms in total. The fourth-order valence-corrected chi connectivity index (χ4v) is 3.42. The normalized spacial score (nSPS) is 10.5. The predicted octanol–water partition coefficient (Wildman–Crippen LogP) is 6.55. The van der Waals surface area contributed by atoms with Crippen molar-refractivity contribution >= 4 is 40.5 Å². The van der Waals surface area contributed by atoms with E-state index in [1.807, 2.05) is 19.1 Å². The van der Waals surface area contributed by atoms with Crippen molar-refractivity contribution in [3.05, 3.63) is 24.3 Å². The molecule has 168 valence electrons. The molecule has 0 bridgehead atoms. The number of hydrogen-bond donors (Lipinski definition) is 3. The monoisotopic (exact) mass is 433 g/mol. The van der Waals surface area contributed by atoms with Crippen LogP contribution in [0.1, 0.15) is 97.3 Å². The summed E-state index contributed by atoms with van der Waals surface area (Å²) in [5.41, 5.74) is 1.50. The Labute approximate surface area is 187 Å². The van der Waals surface area contributed by atoms with Gasteiger partial charge in [0.25, 0.3) is 0 Å². The van der Waals surface area contributed by atoms with E-state index in [2.05, 4.69) is 22.9 Å². The molecule has 1 aromatic rings. The highest BCUT2D eigenvalue weighted by Gasteiger charge is 2.05. The maximum absolute atomic E-state index is 12.0. The van der Waals surface area contributed by atoms with Gasteiger partial charge in [-0.2, -0.15) is 0 Å². The van der Waals surface area contributed by atoms with Crippen molar-refractivity contribution in [2.45, 2.75) is 97.3 Å². The number of amides is 2. The van der Waals surface area contributed by atoms with Crippen LogP contribution in [0.5, 0.6) is 0 Å². The van der Waals surface area contributed by atoms with E-state index < -0.39 is 0 Å². The number of carbonyl (C=O) groups excluding carboxylic acids is 2. The van der Waals surface area contributed by atoms with E-state index in [1.54, 1.807) is 12.1 Å². The lowest BCUT2D eigenvalue weighted by molar-refractivity contribution is -0.119. The molecule has 0 spiro atoms. The zero-order valence-electron chi connectivity index (χ0n) is 18.7. The number of nitrogens with one attached hydrogen (secondary N) is 3. The third-order valence-corrected chi connectivity index (χ3v) is 5.21. The Morgan fingerprint density at radius 1 is 0.700 bits per heavy atom. The van der Waals surface area contributed by atoms with Crippen LogP contribution >= 0.6 is 12.2 Å². The lowest BCUT2D eigenvalue weighted by Gasteiger charge is -2.10. The van der Waals surface area contributed by atoms with E-state index in [9.17, 15) is 9.59 Å². The van der Waals surface area contributed by atoms with E-state index in [1.165, 1.54) is 57.8 Å². The molecule has 0 atom stereocenters. The van der Waals surface area contributed by atoms with Gasteiger partial charge in [0.05, 0.1) is 0 Å². The minimum absolute atomic E-state index is 0.0269. The molecule has 0 aliphatic heterocycles. The van der Waals surface area contributed by atoms with Crippen LogP contribution < -0.4 is 16.0 Å². The van der Waals surface area contributed by atoms with Gasteiger partial charge < -0.3 is 16.0 Å². The van der Waals surface area contributed by atoms with Crippen molar-refractivity contribution in [3.63, 3.8) is 0 Å². The van der Waals surface area contributed by atoms with Gasteiger partial charge in [-0.1, -0.05) is 78.1 Å². The highest BCUT2D eigenvalue weighted by Crippen LogP contribution is 2.14. The predicted molar refractivity (Wildman–Crippen MR) is 131 cm³/mol. The summed E-state index contributed by atoms with van der Waals surface area (Å²) in [6.07, 6.45) is 14.9. The zero-order chi connectivity index (χ0) is 22.0. The van der Waals surface area contributed by atoms with Gasteiger partial charge >= 0.3 is 0 Å². The number of unbranched alkanes of at least 4 members (excludes halogenated alkanes) is 10. The molecule has 0 aliphatic carbocycles. The van der Waals surface area contributed by atoms with Gasteiger partial charge in [-0.3, -0.25) is 9.59 Å². The Morgan fingerprint density at radius 3 is 1.67 bits per heavy atom. The van der Waals surface area contributed by atoms with Crippen LogP contribution in [-0.2, 0) is 9.59 Å². The molecule has 0 heterocycles. The fraction of sp³-hybridized carbons (Fsp3) is 0.625. The quantitative estimate of drug-likeness (QED) is 0.217. The molecule has 0 saturated heterocycles. The minimum atomic E-state index is -0.0461. The van der Waals surface area contributed by atoms with E-state index in [-0.39, 0.29) is 11.8 Å². The molecule has 1 rings (SSSR count). The molecule has 0 aromatic heterocycles. The summed E-state index contributed by atoms with van der Waals surface area (Å²) in [5.74, 6) is -0.0730. The number of thiocarbonyl (C=S) groups is 1. The van der Waals surface area contributed by atoms with Crippen molar-refractivity contribution in [2.24, 2.45) is 0 Å². The lowest BCUT2D eigenvalue weighted by Crippen LogP contribution is -2.33. The largest absolute Gasteiger partial charge is 0.332 e. The number of rotatable bonds is 15. The molecule has 0 radical (unpaired) electrons. The van der Waals surface area contributed by atoms with Crippen LogP contribution in [0.25, 0.3) is 0 Å². The number of anilines is 2. The second-order valence-corrected chi connectivity index (χ2v) is 8.18. The molecule has 30 heavy (non-hydrogen) atoms. The molecule has 6 heteroatoms. The summed E-state index contributed by atoms with van der Waals surface area (Å²) in [7, 11) is 0. The molecule has 0 fully saturated rings. The Hall–Kier alpha value is -1.95. The lowest BCUT2D eigenvalue weighted by atomic mass is 10.1. The van der Waals surface area contributed by atoms with Gasteiger partial charge in [0, 0.05) is 24.2 Å². The Morgan fingerprint density at radius 2 is 1.17 bits per heavy atom. The Balaban J connectivity index is 2.07. The molecular weight excluding hydrogens is 394 g/mol. The maximum atomic E-state index is 12.0. The maximum Gasteiger partial charge on any atom is 0.226 e. The number of benzene rings is 1. The highest BCUT2D eigenvalue weighted by atomic mass is 32.1. The summed E-state index contributed by atoms with van der Waals surface area (Å²) in [4.78, 5) is 23.4. The molecule has 0 aliphatic rings. The average Bonchev–Trinajstić information content (AvgIpc) is 2.73. The zero-order valence-corrected chi connectivity index (χ0v) is 19.5. The summed E-state index contributed by atoms with van der Waals surface area (Å²) in [6, 6.07) is 7.22. The van der Waals surface area contributed by atoms with Gasteiger partial charge in [0.2, 0.25) is 11.8 Å². The van der Waals surface area contributed by atoms with Crippen molar-refractivity contribution in [2.75, 3.05) is 10.6 Å². The number of hydrogen-bond acceptors (Lipinski definition) is 3. The van der Waals surface area contributed by atoms with Crippen molar-refractivity contribution in [1.82, 2.24) is 5.32 Å². The van der Waals surface area contributed by atoms with Crippen molar-refractivity contribution in [1.29, 1.82) is 0 Å². The third kappa shape index (κ3) is 13.3. The van der Waals surface area contributed by atoms with Gasteiger partial charge in [-0.25, -0.2) is 0 Å². The SMILES string of the molecule is CCCCCCCCCCCCCC(=O)NC(=S)Nc1ccc(NC(=O)CC)cc1. The molecule has 0 unspecified atom stereocenters.